The number of carbonyl (C=O) groups is 2. The highest BCUT2D eigenvalue weighted by molar-refractivity contribution is 7.91. The fourth-order valence-corrected chi connectivity index (χ4v) is 2.94. The van der Waals surface area contributed by atoms with E-state index >= 15 is 0 Å². The van der Waals surface area contributed by atoms with Crippen LogP contribution in [0.5, 0.6) is 0 Å². The van der Waals surface area contributed by atoms with E-state index in [1.165, 1.54) is 18.2 Å². The molecule has 2 aromatic rings. The Morgan fingerprint density at radius 3 is 2.30 bits per heavy atom. The number of rotatable bonds is 6. The first-order valence-electron chi connectivity index (χ1n) is 7.15. The summed E-state index contributed by atoms with van der Waals surface area (Å²) in [7, 11) is -4.76. The van der Waals surface area contributed by atoms with E-state index in [4.69, 9.17) is 27.9 Å². The van der Waals surface area contributed by atoms with Crippen molar-refractivity contribution in [2.45, 2.75) is 10.7 Å². The van der Waals surface area contributed by atoms with Crippen LogP contribution in [0.15, 0.2) is 47.4 Å². The number of nitrogens with one attached hydrogen (secondary N) is 1. The van der Waals surface area contributed by atoms with Crippen LogP contribution in [0.4, 0.5) is 14.5 Å². The summed E-state index contributed by atoms with van der Waals surface area (Å²) in [5.41, 5.74) is 0.114. The standard InChI is InChI=1S/C16H11Cl2F2NO5S/c17-10-3-6-12(18)13(7-10)21-14(22)8-26-15(23)9-1-4-11(5-2-9)27(24,25)16(19)20/h1-7,16H,8H2,(H,21,22). The zero-order valence-corrected chi connectivity index (χ0v) is 15.6. The van der Waals surface area contributed by atoms with Gasteiger partial charge in [0.1, 0.15) is 0 Å². The van der Waals surface area contributed by atoms with Gasteiger partial charge in [0.15, 0.2) is 6.61 Å². The van der Waals surface area contributed by atoms with E-state index < -0.39 is 39.0 Å². The van der Waals surface area contributed by atoms with Gasteiger partial charge in [0.05, 0.1) is 21.2 Å². The predicted molar refractivity (Wildman–Crippen MR) is 95.0 cm³/mol. The van der Waals surface area contributed by atoms with Crippen molar-refractivity contribution in [1.29, 1.82) is 0 Å². The van der Waals surface area contributed by atoms with Crippen LogP contribution in [-0.2, 0) is 19.4 Å². The Morgan fingerprint density at radius 1 is 1.07 bits per heavy atom. The Hall–Kier alpha value is -2.23. The molecule has 0 aliphatic heterocycles. The van der Waals surface area contributed by atoms with Gasteiger partial charge in [-0.1, -0.05) is 23.2 Å². The van der Waals surface area contributed by atoms with Crippen molar-refractivity contribution < 1.29 is 31.5 Å². The van der Waals surface area contributed by atoms with Gasteiger partial charge in [-0.3, -0.25) is 4.79 Å². The summed E-state index contributed by atoms with van der Waals surface area (Å²) in [6.07, 6.45) is 0. The summed E-state index contributed by atoms with van der Waals surface area (Å²) in [6, 6.07) is 8.12. The molecule has 0 bridgehead atoms. The minimum absolute atomic E-state index is 0.114. The second-order valence-electron chi connectivity index (χ2n) is 5.08. The number of amides is 1. The number of alkyl halides is 2. The molecule has 6 nitrogen and oxygen atoms in total. The number of halogens is 4. The van der Waals surface area contributed by atoms with Crippen LogP contribution < -0.4 is 5.32 Å². The molecule has 1 N–H and O–H groups in total. The lowest BCUT2D eigenvalue weighted by Crippen LogP contribution is -2.21. The van der Waals surface area contributed by atoms with Crippen molar-refractivity contribution in [3.05, 3.63) is 58.1 Å². The fourth-order valence-electron chi connectivity index (χ4n) is 1.88. The topological polar surface area (TPSA) is 89.5 Å². The van der Waals surface area contributed by atoms with E-state index in [1.807, 2.05) is 0 Å². The Kier molecular flexibility index (Phi) is 6.74. The Morgan fingerprint density at radius 2 is 1.70 bits per heavy atom. The highest BCUT2D eigenvalue weighted by Gasteiger charge is 2.26. The quantitative estimate of drug-likeness (QED) is 0.694. The molecule has 0 unspecified atom stereocenters. The average molecular weight is 438 g/mol. The van der Waals surface area contributed by atoms with Crippen molar-refractivity contribution in [2.75, 3.05) is 11.9 Å². The largest absolute Gasteiger partial charge is 0.452 e. The average Bonchev–Trinajstić information content (AvgIpc) is 2.62. The molecule has 2 aromatic carbocycles. The summed E-state index contributed by atoms with van der Waals surface area (Å²) in [5.74, 6) is -5.20. The maximum atomic E-state index is 12.5. The van der Waals surface area contributed by atoms with Gasteiger partial charge < -0.3 is 10.1 Å². The van der Waals surface area contributed by atoms with Crippen LogP contribution in [0.1, 0.15) is 10.4 Å². The molecule has 0 saturated carbocycles. The monoisotopic (exact) mass is 437 g/mol. The van der Waals surface area contributed by atoms with E-state index in [-0.39, 0.29) is 16.3 Å². The van der Waals surface area contributed by atoms with Crippen LogP contribution in [0.3, 0.4) is 0 Å². The Labute approximate surface area is 162 Å². The van der Waals surface area contributed by atoms with Gasteiger partial charge in [0.2, 0.25) is 9.84 Å². The molecule has 0 atom stereocenters. The molecule has 0 spiro atoms. The molecule has 144 valence electrons. The third-order valence-electron chi connectivity index (χ3n) is 3.19. The van der Waals surface area contributed by atoms with Crippen LogP contribution in [0.2, 0.25) is 10.0 Å². The number of esters is 1. The first-order chi connectivity index (χ1) is 12.6. The molecule has 0 radical (unpaired) electrons. The molecule has 11 heteroatoms. The molecule has 0 aliphatic rings. The Bertz CT molecular complexity index is 965. The van der Waals surface area contributed by atoms with Crippen molar-refractivity contribution in [3.63, 3.8) is 0 Å². The summed E-state index contributed by atoms with van der Waals surface area (Å²) in [6.45, 7) is -0.654. The number of ether oxygens (including phenoxy) is 1. The Balaban J connectivity index is 1.97. The molecule has 2 rings (SSSR count). The molecule has 1 amide bonds. The lowest BCUT2D eigenvalue weighted by Gasteiger charge is -2.09. The van der Waals surface area contributed by atoms with Gasteiger partial charge in [0, 0.05) is 5.02 Å². The highest BCUT2D eigenvalue weighted by Crippen LogP contribution is 2.25. The van der Waals surface area contributed by atoms with E-state index in [9.17, 15) is 26.8 Å². The van der Waals surface area contributed by atoms with Crippen molar-refractivity contribution in [3.8, 4) is 0 Å². The van der Waals surface area contributed by atoms with E-state index in [0.29, 0.717) is 5.02 Å². The summed E-state index contributed by atoms with van der Waals surface area (Å²) in [5, 5.41) is 2.97. The van der Waals surface area contributed by atoms with Crippen LogP contribution in [0, 0.1) is 0 Å². The summed E-state index contributed by atoms with van der Waals surface area (Å²) < 4.78 is 52.3. The van der Waals surface area contributed by atoms with Crippen LogP contribution >= 0.6 is 23.2 Å². The summed E-state index contributed by atoms with van der Waals surface area (Å²) in [4.78, 5) is 23.1. The van der Waals surface area contributed by atoms with Gasteiger partial charge >= 0.3 is 11.7 Å². The van der Waals surface area contributed by atoms with Crippen molar-refractivity contribution in [2.24, 2.45) is 0 Å². The van der Waals surface area contributed by atoms with Gasteiger partial charge in [-0.25, -0.2) is 13.2 Å². The molecular weight excluding hydrogens is 427 g/mol. The lowest BCUT2D eigenvalue weighted by molar-refractivity contribution is -0.119. The maximum absolute atomic E-state index is 12.5. The van der Waals surface area contributed by atoms with Gasteiger partial charge in [-0.05, 0) is 42.5 Å². The first-order valence-corrected chi connectivity index (χ1v) is 9.45. The molecule has 0 fully saturated rings. The number of benzene rings is 2. The number of sulfone groups is 1. The minimum atomic E-state index is -4.76. The van der Waals surface area contributed by atoms with E-state index in [0.717, 1.165) is 24.3 Å². The zero-order valence-electron chi connectivity index (χ0n) is 13.3. The molecule has 0 saturated heterocycles. The molecule has 0 aliphatic carbocycles. The number of hydrogen-bond acceptors (Lipinski definition) is 5. The second kappa shape index (κ2) is 8.64. The van der Waals surface area contributed by atoms with Crippen molar-refractivity contribution >= 4 is 50.6 Å². The fraction of sp³-hybridized carbons (Fsp3) is 0.125. The molecule has 0 aromatic heterocycles. The van der Waals surface area contributed by atoms with Crippen LogP contribution in [-0.4, -0.2) is 32.7 Å². The number of anilines is 1. The molecular formula is C16H11Cl2F2NO5S. The van der Waals surface area contributed by atoms with Gasteiger partial charge in [-0.15, -0.1) is 0 Å². The summed E-state index contributed by atoms with van der Waals surface area (Å²) >= 11 is 11.7. The first kappa shape index (κ1) is 21.1. The third kappa shape index (κ3) is 5.38. The van der Waals surface area contributed by atoms with E-state index in [1.54, 1.807) is 0 Å². The predicted octanol–water partition coefficient (Wildman–Crippen LogP) is 3.79. The van der Waals surface area contributed by atoms with Crippen LogP contribution in [0.25, 0.3) is 0 Å². The maximum Gasteiger partial charge on any atom is 0.341 e. The number of hydrogen-bond donors (Lipinski definition) is 1. The normalized spacial score (nSPS) is 11.3. The number of carbonyl (C=O) groups excluding carboxylic acids is 2. The van der Waals surface area contributed by atoms with E-state index in [2.05, 4.69) is 5.32 Å². The highest BCUT2D eigenvalue weighted by atomic mass is 35.5. The zero-order chi connectivity index (χ0) is 20.2. The third-order valence-corrected chi connectivity index (χ3v) is 5.15. The SMILES string of the molecule is O=C(COC(=O)c1ccc(S(=O)(=O)C(F)F)cc1)Nc1cc(Cl)ccc1Cl. The van der Waals surface area contributed by atoms with Crippen molar-refractivity contribution in [1.82, 2.24) is 0 Å². The molecule has 0 heterocycles. The van der Waals surface area contributed by atoms with Gasteiger partial charge in [-0.2, -0.15) is 8.78 Å². The minimum Gasteiger partial charge on any atom is -0.452 e. The lowest BCUT2D eigenvalue weighted by atomic mass is 10.2. The van der Waals surface area contributed by atoms with Gasteiger partial charge in [0.25, 0.3) is 5.91 Å². The molecule has 27 heavy (non-hydrogen) atoms. The second-order valence-corrected chi connectivity index (χ2v) is 7.84. The smallest absolute Gasteiger partial charge is 0.341 e.